The van der Waals surface area contributed by atoms with Gasteiger partial charge >= 0.3 is 0 Å². The standard InChI is InChI=1S/C13H12O4S/c1-9-6-7-12(14)11(8-9)10-4-2-3-5-13(10)18(15,16)17/h2-8,14H,1H3,(H,15,16,17). The molecule has 4 nitrogen and oxygen atoms in total. The molecule has 18 heavy (non-hydrogen) atoms. The lowest BCUT2D eigenvalue weighted by molar-refractivity contribution is 0.476. The smallest absolute Gasteiger partial charge is 0.295 e. The minimum atomic E-state index is -4.32. The molecule has 2 aromatic rings. The molecule has 0 amide bonds. The van der Waals surface area contributed by atoms with Crippen LogP contribution in [-0.2, 0) is 10.1 Å². The predicted octanol–water partition coefficient (Wildman–Crippen LogP) is 2.61. The van der Waals surface area contributed by atoms with Crippen molar-refractivity contribution in [3.05, 3.63) is 48.0 Å². The van der Waals surface area contributed by atoms with Gasteiger partial charge in [-0.2, -0.15) is 8.42 Å². The van der Waals surface area contributed by atoms with Crippen LogP contribution >= 0.6 is 0 Å². The molecule has 0 atom stereocenters. The molecule has 0 aliphatic heterocycles. The van der Waals surface area contributed by atoms with Gasteiger partial charge in [-0.3, -0.25) is 4.55 Å². The molecule has 0 aliphatic carbocycles. The van der Waals surface area contributed by atoms with Crippen molar-refractivity contribution in [2.24, 2.45) is 0 Å². The predicted molar refractivity (Wildman–Crippen MR) is 68.1 cm³/mol. The fourth-order valence-electron chi connectivity index (χ4n) is 1.78. The molecule has 0 unspecified atom stereocenters. The number of aromatic hydroxyl groups is 1. The number of phenols is 1. The summed E-state index contributed by atoms with van der Waals surface area (Å²) < 4.78 is 31.8. The Balaban J connectivity index is 2.76. The van der Waals surface area contributed by atoms with Crippen LogP contribution in [0.5, 0.6) is 5.75 Å². The zero-order valence-electron chi connectivity index (χ0n) is 9.66. The van der Waals surface area contributed by atoms with E-state index in [1.165, 1.54) is 24.3 Å². The Labute approximate surface area is 105 Å². The van der Waals surface area contributed by atoms with Gasteiger partial charge in [-0.1, -0.05) is 29.8 Å². The largest absolute Gasteiger partial charge is 0.507 e. The van der Waals surface area contributed by atoms with Gasteiger partial charge in [0.1, 0.15) is 10.6 Å². The van der Waals surface area contributed by atoms with Crippen molar-refractivity contribution in [3.63, 3.8) is 0 Å². The summed E-state index contributed by atoms with van der Waals surface area (Å²) in [5, 5.41) is 9.80. The Bertz CT molecular complexity index is 690. The van der Waals surface area contributed by atoms with Crippen molar-refractivity contribution >= 4 is 10.1 Å². The summed E-state index contributed by atoms with van der Waals surface area (Å²) in [6.07, 6.45) is 0. The number of phenolic OH excluding ortho intramolecular Hbond substituents is 1. The van der Waals surface area contributed by atoms with Gasteiger partial charge in [0.2, 0.25) is 0 Å². The first-order valence-electron chi connectivity index (χ1n) is 5.26. The highest BCUT2D eigenvalue weighted by molar-refractivity contribution is 7.86. The van der Waals surface area contributed by atoms with E-state index in [4.69, 9.17) is 0 Å². The summed E-state index contributed by atoms with van der Waals surface area (Å²) in [6, 6.07) is 10.9. The van der Waals surface area contributed by atoms with Crippen molar-refractivity contribution in [2.45, 2.75) is 11.8 Å². The molecular formula is C13H12O4S. The van der Waals surface area contributed by atoms with Gasteiger partial charge in [0.05, 0.1) is 0 Å². The summed E-state index contributed by atoms with van der Waals surface area (Å²) in [6.45, 7) is 1.83. The third-order valence-electron chi connectivity index (χ3n) is 2.61. The molecule has 0 radical (unpaired) electrons. The van der Waals surface area contributed by atoms with Gasteiger partial charge in [-0.05, 0) is 25.1 Å². The molecule has 0 saturated carbocycles. The Kier molecular flexibility index (Phi) is 3.11. The normalized spacial score (nSPS) is 11.4. The zero-order chi connectivity index (χ0) is 13.3. The van der Waals surface area contributed by atoms with Crippen molar-refractivity contribution in [2.75, 3.05) is 0 Å². The molecule has 2 aromatic carbocycles. The van der Waals surface area contributed by atoms with E-state index in [-0.39, 0.29) is 16.2 Å². The van der Waals surface area contributed by atoms with Gasteiger partial charge in [0, 0.05) is 11.1 Å². The maximum absolute atomic E-state index is 11.3. The van der Waals surface area contributed by atoms with Gasteiger partial charge in [0.15, 0.2) is 0 Å². The van der Waals surface area contributed by atoms with E-state index >= 15 is 0 Å². The summed E-state index contributed by atoms with van der Waals surface area (Å²) in [7, 11) is -4.32. The van der Waals surface area contributed by atoms with Crippen molar-refractivity contribution in [1.29, 1.82) is 0 Å². The average Bonchev–Trinajstić information content (AvgIpc) is 2.31. The first-order valence-corrected chi connectivity index (χ1v) is 6.70. The second-order valence-electron chi connectivity index (χ2n) is 3.99. The van der Waals surface area contributed by atoms with Crippen LogP contribution < -0.4 is 0 Å². The Morgan fingerprint density at radius 3 is 2.33 bits per heavy atom. The van der Waals surface area contributed by atoms with Gasteiger partial charge in [-0.15, -0.1) is 0 Å². The van der Waals surface area contributed by atoms with E-state index in [1.54, 1.807) is 18.2 Å². The van der Waals surface area contributed by atoms with E-state index in [2.05, 4.69) is 0 Å². The minimum Gasteiger partial charge on any atom is -0.507 e. The topological polar surface area (TPSA) is 74.6 Å². The van der Waals surface area contributed by atoms with Gasteiger partial charge < -0.3 is 5.11 Å². The second kappa shape index (κ2) is 4.44. The molecule has 0 aliphatic rings. The van der Waals surface area contributed by atoms with Crippen LogP contribution in [0.4, 0.5) is 0 Å². The highest BCUT2D eigenvalue weighted by Crippen LogP contribution is 2.34. The van der Waals surface area contributed by atoms with Crippen LogP contribution in [0.1, 0.15) is 5.56 Å². The molecule has 2 N–H and O–H groups in total. The number of hydrogen-bond acceptors (Lipinski definition) is 3. The summed E-state index contributed by atoms with van der Waals surface area (Å²) in [5.74, 6) is -0.0308. The molecule has 0 saturated heterocycles. The Morgan fingerprint density at radius 2 is 1.67 bits per heavy atom. The van der Waals surface area contributed by atoms with E-state index in [0.29, 0.717) is 5.56 Å². The number of benzene rings is 2. The molecule has 5 heteroatoms. The maximum Gasteiger partial charge on any atom is 0.295 e. The van der Waals surface area contributed by atoms with Crippen molar-refractivity contribution < 1.29 is 18.1 Å². The third-order valence-corrected chi connectivity index (χ3v) is 3.52. The van der Waals surface area contributed by atoms with Crippen LogP contribution in [0.15, 0.2) is 47.4 Å². The number of hydrogen-bond donors (Lipinski definition) is 2. The lowest BCUT2D eigenvalue weighted by Crippen LogP contribution is -2.00. The van der Waals surface area contributed by atoms with Crippen molar-refractivity contribution in [3.8, 4) is 16.9 Å². The molecule has 2 rings (SSSR count). The molecule has 0 fully saturated rings. The van der Waals surface area contributed by atoms with Crippen LogP contribution in [0, 0.1) is 6.92 Å². The fourth-order valence-corrected chi connectivity index (χ4v) is 2.49. The molecule has 0 aromatic heterocycles. The van der Waals surface area contributed by atoms with Gasteiger partial charge in [-0.25, -0.2) is 0 Å². The SMILES string of the molecule is Cc1ccc(O)c(-c2ccccc2S(=O)(=O)O)c1. The Hall–Kier alpha value is -1.85. The van der Waals surface area contributed by atoms with Gasteiger partial charge in [0.25, 0.3) is 10.1 Å². The van der Waals surface area contributed by atoms with E-state index in [1.807, 2.05) is 6.92 Å². The maximum atomic E-state index is 11.3. The van der Waals surface area contributed by atoms with E-state index < -0.39 is 10.1 Å². The number of aryl methyl sites for hydroxylation is 1. The molecule has 0 bridgehead atoms. The second-order valence-corrected chi connectivity index (χ2v) is 5.38. The lowest BCUT2D eigenvalue weighted by Gasteiger charge is -2.09. The minimum absolute atomic E-state index is 0.0308. The Morgan fingerprint density at radius 1 is 1.00 bits per heavy atom. The zero-order valence-corrected chi connectivity index (χ0v) is 10.5. The van der Waals surface area contributed by atoms with E-state index in [9.17, 15) is 18.1 Å². The molecule has 0 spiro atoms. The fraction of sp³-hybridized carbons (Fsp3) is 0.0769. The lowest BCUT2D eigenvalue weighted by atomic mass is 10.0. The van der Waals surface area contributed by atoms with Crippen LogP contribution in [0.2, 0.25) is 0 Å². The monoisotopic (exact) mass is 264 g/mol. The van der Waals surface area contributed by atoms with Crippen molar-refractivity contribution in [1.82, 2.24) is 0 Å². The van der Waals surface area contributed by atoms with Crippen LogP contribution in [-0.4, -0.2) is 18.1 Å². The first-order chi connectivity index (χ1) is 8.39. The summed E-state index contributed by atoms with van der Waals surface area (Å²) >= 11 is 0. The van der Waals surface area contributed by atoms with Crippen LogP contribution in [0.3, 0.4) is 0 Å². The quantitative estimate of drug-likeness (QED) is 0.818. The summed E-state index contributed by atoms with van der Waals surface area (Å²) in [4.78, 5) is -0.217. The van der Waals surface area contributed by atoms with E-state index in [0.717, 1.165) is 5.56 Å². The molecular weight excluding hydrogens is 252 g/mol. The number of rotatable bonds is 2. The summed E-state index contributed by atoms with van der Waals surface area (Å²) in [5.41, 5.74) is 1.54. The molecule has 94 valence electrons. The highest BCUT2D eigenvalue weighted by atomic mass is 32.2. The van der Waals surface area contributed by atoms with Crippen LogP contribution in [0.25, 0.3) is 11.1 Å². The average molecular weight is 264 g/mol. The third kappa shape index (κ3) is 2.37. The highest BCUT2D eigenvalue weighted by Gasteiger charge is 2.17. The molecule has 0 heterocycles. The first kappa shape index (κ1) is 12.6.